The number of carbonyl (C=O) groups excluding carboxylic acids is 1. The van der Waals surface area contributed by atoms with Crippen molar-refractivity contribution in [3.05, 3.63) is 11.8 Å². The number of aryl methyl sites for hydroxylation is 1. The van der Waals surface area contributed by atoms with Crippen molar-refractivity contribution in [2.45, 2.75) is 44.3 Å². The zero-order valence-electron chi connectivity index (χ0n) is 11.0. The van der Waals surface area contributed by atoms with Crippen LogP contribution in [0.4, 0.5) is 5.82 Å². The highest BCUT2D eigenvalue weighted by Crippen LogP contribution is 2.21. The number of aromatic nitrogens is 2. The number of nitrogens with zero attached hydrogens (tertiary/aromatic N) is 1. The lowest BCUT2D eigenvalue weighted by Gasteiger charge is -2.20. The maximum atomic E-state index is 12.0. The number of hydrogen-bond donors (Lipinski definition) is 2. The highest BCUT2D eigenvalue weighted by atomic mass is 32.2. The quantitative estimate of drug-likeness (QED) is 0.871. The molecule has 1 aromatic heterocycles. The minimum Gasteiger partial charge on any atom is -0.308 e. The Bertz CT molecular complexity index is 550. The van der Waals surface area contributed by atoms with Gasteiger partial charge in [0.15, 0.2) is 15.7 Å². The van der Waals surface area contributed by atoms with Crippen LogP contribution in [0.15, 0.2) is 6.07 Å². The first-order valence-corrected chi connectivity index (χ1v) is 8.31. The number of hydrogen-bond acceptors (Lipinski definition) is 4. The van der Waals surface area contributed by atoms with Crippen molar-refractivity contribution in [1.29, 1.82) is 0 Å². The topological polar surface area (TPSA) is 91.9 Å². The Morgan fingerprint density at radius 2 is 2.32 bits per heavy atom. The summed E-state index contributed by atoms with van der Waals surface area (Å²) in [5.74, 6) is 0.0377. The predicted octanol–water partition coefficient (Wildman–Crippen LogP) is 1.27. The van der Waals surface area contributed by atoms with Gasteiger partial charge in [0.2, 0.25) is 5.91 Å². The van der Waals surface area contributed by atoms with Gasteiger partial charge in [-0.2, -0.15) is 5.10 Å². The van der Waals surface area contributed by atoms with Crippen molar-refractivity contribution >= 4 is 21.6 Å². The molecule has 1 unspecified atom stereocenters. The van der Waals surface area contributed by atoms with E-state index in [-0.39, 0.29) is 5.75 Å². The largest absolute Gasteiger partial charge is 0.308 e. The first-order valence-electron chi connectivity index (χ1n) is 6.59. The van der Waals surface area contributed by atoms with Crippen LogP contribution in [0.25, 0.3) is 0 Å². The van der Waals surface area contributed by atoms with Crippen LogP contribution in [0.1, 0.15) is 38.3 Å². The van der Waals surface area contributed by atoms with Crippen LogP contribution in [0.5, 0.6) is 0 Å². The molecule has 106 valence electrons. The predicted molar refractivity (Wildman–Crippen MR) is 72.6 cm³/mol. The fraction of sp³-hybridized carbons (Fsp3) is 0.667. The fourth-order valence-electron chi connectivity index (χ4n) is 2.28. The van der Waals surface area contributed by atoms with Crippen LogP contribution in [0.2, 0.25) is 0 Å². The van der Waals surface area contributed by atoms with E-state index in [1.807, 2.05) is 6.92 Å². The molecule has 1 atom stereocenters. The minimum atomic E-state index is -3.30. The number of anilines is 1. The standard InChI is InChI=1S/C12H19N3O3S/c1-2-5-9-8-11(15-14-9)13-12(16)10-6-3-4-7-19(10,17)18/h8,10H,2-7H2,1H3,(H2,13,14,15,16). The number of sulfone groups is 1. The zero-order valence-corrected chi connectivity index (χ0v) is 11.8. The molecule has 1 amide bonds. The van der Waals surface area contributed by atoms with Gasteiger partial charge in [-0.05, 0) is 19.3 Å². The van der Waals surface area contributed by atoms with Gasteiger partial charge in [-0.1, -0.05) is 19.8 Å². The lowest BCUT2D eigenvalue weighted by Crippen LogP contribution is -2.39. The van der Waals surface area contributed by atoms with E-state index in [2.05, 4.69) is 15.5 Å². The van der Waals surface area contributed by atoms with E-state index < -0.39 is 21.0 Å². The molecule has 0 saturated carbocycles. The molecular weight excluding hydrogens is 266 g/mol. The van der Waals surface area contributed by atoms with Gasteiger partial charge in [0.25, 0.3) is 0 Å². The van der Waals surface area contributed by atoms with Crippen molar-refractivity contribution in [3.63, 3.8) is 0 Å². The maximum absolute atomic E-state index is 12.0. The van der Waals surface area contributed by atoms with Crippen LogP contribution >= 0.6 is 0 Å². The van der Waals surface area contributed by atoms with Crippen molar-refractivity contribution in [3.8, 4) is 0 Å². The van der Waals surface area contributed by atoms with Gasteiger partial charge < -0.3 is 5.32 Å². The van der Waals surface area contributed by atoms with Gasteiger partial charge in [0.1, 0.15) is 5.25 Å². The molecule has 2 rings (SSSR count). The van der Waals surface area contributed by atoms with Crippen LogP contribution in [-0.4, -0.2) is 35.5 Å². The second-order valence-corrected chi connectivity index (χ2v) is 7.17. The Kier molecular flexibility index (Phi) is 4.24. The third-order valence-electron chi connectivity index (χ3n) is 3.27. The average molecular weight is 285 g/mol. The molecule has 1 aliphatic heterocycles. The van der Waals surface area contributed by atoms with Gasteiger partial charge >= 0.3 is 0 Å². The SMILES string of the molecule is CCCc1cc(NC(=O)C2CCCCS2(=O)=O)n[nH]1. The summed E-state index contributed by atoms with van der Waals surface area (Å²) in [6, 6.07) is 1.75. The third-order valence-corrected chi connectivity index (χ3v) is 5.45. The number of H-pyrrole nitrogens is 1. The summed E-state index contributed by atoms with van der Waals surface area (Å²) >= 11 is 0. The monoisotopic (exact) mass is 285 g/mol. The van der Waals surface area contributed by atoms with E-state index in [0.29, 0.717) is 18.7 Å². The highest BCUT2D eigenvalue weighted by molar-refractivity contribution is 7.92. The molecule has 1 aromatic rings. The molecular formula is C12H19N3O3S. The average Bonchev–Trinajstić information content (AvgIpc) is 2.76. The van der Waals surface area contributed by atoms with Crippen LogP contribution in [0.3, 0.4) is 0 Å². The summed E-state index contributed by atoms with van der Waals surface area (Å²) in [7, 11) is -3.30. The molecule has 1 aliphatic rings. The van der Waals surface area contributed by atoms with E-state index in [9.17, 15) is 13.2 Å². The van der Waals surface area contributed by atoms with E-state index in [1.54, 1.807) is 6.07 Å². The van der Waals surface area contributed by atoms with Crippen molar-refractivity contribution in [2.24, 2.45) is 0 Å². The molecule has 6 nitrogen and oxygen atoms in total. The second kappa shape index (κ2) is 5.73. The molecule has 2 heterocycles. The van der Waals surface area contributed by atoms with Gasteiger partial charge in [-0.25, -0.2) is 8.42 Å². The number of amides is 1. The summed E-state index contributed by atoms with van der Waals surface area (Å²) in [5.41, 5.74) is 0.935. The van der Waals surface area contributed by atoms with E-state index in [4.69, 9.17) is 0 Å². The van der Waals surface area contributed by atoms with Gasteiger partial charge in [-0.3, -0.25) is 9.89 Å². The molecule has 19 heavy (non-hydrogen) atoms. The molecule has 0 radical (unpaired) electrons. The number of aromatic amines is 1. The van der Waals surface area contributed by atoms with Crippen molar-refractivity contribution in [2.75, 3.05) is 11.1 Å². The Morgan fingerprint density at radius 3 is 3.00 bits per heavy atom. The van der Waals surface area contributed by atoms with Crippen molar-refractivity contribution in [1.82, 2.24) is 10.2 Å². The summed E-state index contributed by atoms with van der Waals surface area (Å²) in [4.78, 5) is 12.0. The lowest BCUT2D eigenvalue weighted by atomic mass is 10.2. The minimum absolute atomic E-state index is 0.104. The fourth-order valence-corrected chi connectivity index (χ4v) is 4.08. The summed E-state index contributed by atoms with van der Waals surface area (Å²) in [6.07, 6.45) is 3.66. The Hall–Kier alpha value is -1.37. The van der Waals surface area contributed by atoms with Gasteiger partial charge in [0.05, 0.1) is 5.75 Å². The summed E-state index contributed by atoms with van der Waals surface area (Å²) in [6.45, 7) is 2.05. The Balaban J connectivity index is 2.03. The van der Waals surface area contributed by atoms with Gasteiger partial charge in [0, 0.05) is 11.8 Å². The summed E-state index contributed by atoms with van der Waals surface area (Å²) < 4.78 is 23.7. The first-order chi connectivity index (χ1) is 9.03. The summed E-state index contributed by atoms with van der Waals surface area (Å²) in [5, 5.41) is 8.45. The molecule has 7 heteroatoms. The van der Waals surface area contributed by atoms with Crippen LogP contribution in [0, 0.1) is 0 Å². The molecule has 0 spiro atoms. The van der Waals surface area contributed by atoms with Gasteiger partial charge in [-0.15, -0.1) is 0 Å². The number of carbonyl (C=O) groups is 1. The normalized spacial score (nSPS) is 22.1. The highest BCUT2D eigenvalue weighted by Gasteiger charge is 2.35. The van der Waals surface area contributed by atoms with Crippen LogP contribution < -0.4 is 5.32 Å². The Morgan fingerprint density at radius 1 is 1.53 bits per heavy atom. The van der Waals surface area contributed by atoms with E-state index >= 15 is 0 Å². The maximum Gasteiger partial charge on any atom is 0.243 e. The zero-order chi connectivity index (χ0) is 13.9. The van der Waals surface area contributed by atoms with Crippen LogP contribution in [-0.2, 0) is 21.1 Å². The molecule has 0 aromatic carbocycles. The molecule has 1 saturated heterocycles. The second-order valence-electron chi connectivity index (χ2n) is 4.87. The molecule has 0 aliphatic carbocycles. The molecule has 2 N–H and O–H groups in total. The Labute approximate surface area is 112 Å². The molecule has 1 fully saturated rings. The van der Waals surface area contributed by atoms with E-state index in [0.717, 1.165) is 25.0 Å². The number of rotatable bonds is 4. The van der Waals surface area contributed by atoms with Crippen molar-refractivity contribution < 1.29 is 13.2 Å². The smallest absolute Gasteiger partial charge is 0.243 e. The third kappa shape index (κ3) is 3.34. The molecule has 0 bridgehead atoms. The number of nitrogens with one attached hydrogen (secondary N) is 2. The van der Waals surface area contributed by atoms with E-state index in [1.165, 1.54) is 0 Å². The first kappa shape index (κ1) is 14.0. The lowest BCUT2D eigenvalue weighted by molar-refractivity contribution is -0.116.